The number of pyridine rings is 1. The molecule has 1 nitrogen and oxygen atoms in total. The van der Waals surface area contributed by atoms with Gasteiger partial charge < -0.3 is 0 Å². The van der Waals surface area contributed by atoms with E-state index in [-0.39, 0.29) is 0 Å². The third-order valence-corrected chi connectivity index (χ3v) is 6.01. The summed E-state index contributed by atoms with van der Waals surface area (Å²) in [7, 11) is 0. The molecular weight excluding hydrogens is 282 g/mol. The first-order valence-electron chi connectivity index (χ1n) is 6.48. The van der Waals surface area contributed by atoms with E-state index in [4.69, 9.17) is 4.98 Å². The first kappa shape index (κ1) is 10.8. The van der Waals surface area contributed by atoms with Gasteiger partial charge in [0.15, 0.2) is 0 Å². The van der Waals surface area contributed by atoms with Gasteiger partial charge in [-0.1, -0.05) is 36.4 Å². The van der Waals surface area contributed by atoms with Crippen LogP contribution in [0.25, 0.3) is 41.2 Å². The van der Waals surface area contributed by atoms with E-state index in [1.807, 2.05) is 28.9 Å². The van der Waals surface area contributed by atoms with Crippen LogP contribution in [0.15, 0.2) is 54.0 Å². The van der Waals surface area contributed by atoms with Crippen molar-refractivity contribution >= 4 is 63.8 Å². The highest BCUT2D eigenvalue weighted by Crippen LogP contribution is 2.41. The Morgan fingerprint density at radius 2 is 1.80 bits per heavy atom. The zero-order chi connectivity index (χ0) is 13.1. The van der Waals surface area contributed by atoms with Gasteiger partial charge in [0.25, 0.3) is 0 Å². The summed E-state index contributed by atoms with van der Waals surface area (Å²) in [6.45, 7) is 0. The molecule has 0 amide bonds. The van der Waals surface area contributed by atoms with Gasteiger partial charge in [-0.2, -0.15) is 0 Å². The normalized spacial score (nSPS) is 12.0. The highest BCUT2D eigenvalue weighted by molar-refractivity contribution is 7.41. The molecule has 0 aliphatic carbocycles. The van der Waals surface area contributed by atoms with Crippen molar-refractivity contribution in [2.24, 2.45) is 0 Å². The molecule has 0 aliphatic heterocycles. The van der Waals surface area contributed by atoms with Gasteiger partial charge in [0.05, 0.1) is 14.2 Å². The van der Waals surface area contributed by atoms with E-state index in [9.17, 15) is 0 Å². The molecule has 0 radical (unpaired) electrons. The van der Waals surface area contributed by atoms with Gasteiger partial charge in [-0.15, -0.1) is 22.7 Å². The summed E-state index contributed by atoms with van der Waals surface area (Å²) in [5.74, 6) is 0. The topological polar surface area (TPSA) is 12.9 Å². The molecule has 0 spiro atoms. The number of thiophene rings is 2. The summed E-state index contributed by atoms with van der Waals surface area (Å²) in [6, 6.07) is 15.1. The maximum atomic E-state index is 4.73. The summed E-state index contributed by atoms with van der Waals surface area (Å²) in [5.41, 5.74) is 1.11. The predicted molar refractivity (Wildman–Crippen MR) is 90.0 cm³/mol. The predicted octanol–water partition coefficient (Wildman–Crippen LogP) is 5.82. The third kappa shape index (κ3) is 1.29. The van der Waals surface area contributed by atoms with Crippen LogP contribution in [0.1, 0.15) is 0 Å². The molecule has 0 unspecified atom stereocenters. The highest BCUT2D eigenvalue weighted by atomic mass is 32.2. The first-order valence-corrected chi connectivity index (χ1v) is 8.17. The molecule has 3 aromatic heterocycles. The zero-order valence-electron chi connectivity index (χ0n) is 10.5. The minimum Gasteiger partial charge on any atom is -0.254 e. The summed E-state index contributed by atoms with van der Waals surface area (Å²) >= 11 is 3.66. The van der Waals surface area contributed by atoms with Gasteiger partial charge >= 0.3 is 0 Å². The lowest BCUT2D eigenvalue weighted by Crippen LogP contribution is -1.82. The van der Waals surface area contributed by atoms with E-state index in [2.05, 4.69) is 47.8 Å². The molecule has 0 bridgehead atoms. The molecule has 3 heteroatoms. The lowest BCUT2D eigenvalue weighted by molar-refractivity contribution is 1.47. The Bertz CT molecular complexity index is 1100. The molecule has 0 N–H and O–H groups in total. The Labute approximate surface area is 123 Å². The molecule has 0 atom stereocenters. The number of hydrogen-bond acceptors (Lipinski definition) is 3. The van der Waals surface area contributed by atoms with Crippen molar-refractivity contribution < 1.29 is 0 Å². The van der Waals surface area contributed by atoms with Gasteiger partial charge in [-0.3, -0.25) is 4.98 Å². The van der Waals surface area contributed by atoms with Gasteiger partial charge in [0.1, 0.15) is 0 Å². The van der Waals surface area contributed by atoms with E-state index >= 15 is 0 Å². The largest absolute Gasteiger partial charge is 0.254 e. The van der Waals surface area contributed by atoms with Crippen LogP contribution in [0.4, 0.5) is 0 Å². The number of fused-ring (bicyclic) bond motifs is 7. The summed E-state index contributed by atoms with van der Waals surface area (Å²) in [5, 5.41) is 8.67. The number of benzene rings is 2. The lowest BCUT2D eigenvalue weighted by atomic mass is 10.0. The van der Waals surface area contributed by atoms with E-state index in [0.29, 0.717) is 0 Å². The van der Waals surface area contributed by atoms with Crippen LogP contribution >= 0.6 is 22.7 Å². The van der Waals surface area contributed by atoms with Crippen LogP contribution < -0.4 is 0 Å². The van der Waals surface area contributed by atoms with Crippen molar-refractivity contribution in [2.75, 3.05) is 0 Å². The average Bonchev–Trinajstić information content (AvgIpc) is 3.06. The summed E-state index contributed by atoms with van der Waals surface area (Å²) in [4.78, 5) is 4.73. The van der Waals surface area contributed by atoms with E-state index < -0.39 is 0 Å². The molecule has 3 heterocycles. The minimum atomic E-state index is 1.11. The average molecular weight is 291 g/mol. The summed E-state index contributed by atoms with van der Waals surface area (Å²) in [6.07, 6.45) is 2.03. The Morgan fingerprint density at radius 1 is 0.850 bits per heavy atom. The molecule has 0 aliphatic rings. The Morgan fingerprint density at radius 3 is 2.80 bits per heavy atom. The van der Waals surface area contributed by atoms with Crippen molar-refractivity contribution in [3.8, 4) is 0 Å². The first-order chi connectivity index (χ1) is 9.92. The Kier molecular flexibility index (Phi) is 2.04. The molecule has 0 saturated carbocycles. The molecule has 5 rings (SSSR count). The number of aromatic nitrogens is 1. The van der Waals surface area contributed by atoms with Crippen molar-refractivity contribution in [3.05, 3.63) is 54.0 Å². The SMILES string of the molecule is c1ccc2c(c1)ccc1c2ncc2sc3sccc3c21. The fraction of sp³-hybridized carbons (Fsp3) is 0. The van der Waals surface area contributed by atoms with Crippen LogP contribution in [0.2, 0.25) is 0 Å². The van der Waals surface area contributed by atoms with Gasteiger partial charge in [0, 0.05) is 27.7 Å². The van der Waals surface area contributed by atoms with Crippen LogP contribution in [0.5, 0.6) is 0 Å². The second kappa shape index (κ2) is 3.78. The maximum absolute atomic E-state index is 4.73. The molecule has 0 fully saturated rings. The quantitative estimate of drug-likeness (QED) is 0.328. The van der Waals surface area contributed by atoms with Crippen LogP contribution in [-0.2, 0) is 0 Å². The van der Waals surface area contributed by atoms with Gasteiger partial charge in [0.2, 0.25) is 0 Å². The zero-order valence-corrected chi connectivity index (χ0v) is 12.1. The van der Waals surface area contributed by atoms with Crippen molar-refractivity contribution in [2.45, 2.75) is 0 Å². The third-order valence-electron chi connectivity index (χ3n) is 3.83. The maximum Gasteiger partial charge on any atom is 0.0878 e. The molecule has 0 saturated heterocycles. The second-order valence-electron chi connectivity index (χ2n) is 4.90. The van der Waals surface area contributed by atoms with Gasteiger partial charge in [-0.25, -0.2) is 0 Å². The molecule has 20 heavy (non-hydrogen) atoms. The number of rotatable bonds is 0. The van der Waals surface area contributed by atoms with E-state index in [1.165, 1.54) is 35.6 Å². The highest BCUT2D eigenvalue weighted by Gasteiger charge is 2.11. The minimum absolute atomic E-state index is 1.11. The molecule has 94 valence electrons. The number of nitrogens with zero attached hydrogens (tertiary/aromatic N) is 1. The van der Waals surface area contributed by atoms with Crippen LogP contribution in [0, 0.1) is 0 Å². The molecular formula is C17H9NS2. The Balaban J connectivity index is 2.13. The molecule has 2 aromatic carbocycles. The lowest BCUT2D eigenvalue weighted by Gasteiger charge is -2.04. The van der Waals surface area contributed by atoms with Crippen LogP contribution in [0.3, 0.4) is 0 Å². The number of hydrogen-bond donors (Lipinski definition) is 0. The fourth-order valence-corrected chi connectivity index (χ4v) is 5.09. The Hall–Kier alpha value is -1.97. The van der Waals surface area contributed by atoms with E-state index in [1.54, 1.807) is 0 Å². The standard InChI is InChI=1S/C17H9NS2/c1-2-4-11-10(3-1)5-6-12-15-13-7-8-19-17(13)20-14(15)9-18-16(11)12/h1-9H. The van der Waals surface area contributed by atoms with Crippen LogP contribution in [-0.4, -0.2) is 4.98 Å². The van der Waals surface area contributed by atoms with Crippen molar-refractivity contribution in [3.63, 3.8) is 0 Å². The van der Waals surface area contributed by atoms with E-state index in [0.717, 1.165) is 5.52 Å². The smallest absolute Gasteiger partial charge is 0.0878 e. The van der Waals surface area contributed by atoms with Gasteiger partial charge in [-0.05, 0) is 16.8 Å². The summed E-state index contributed by atoms with van der Waals surface area (Å²) < 4.78 is 2.68. The fourth-order valence-electron chi connectivity index (χ4n) is 2.93. The molecule has 5 aromatic rings. The van der Waals surface area contributed by atoms with Crippen molar-refractivity contribution in [1.82, 2.24) is 4.98 Å². The monoisotopic (exact) mass is 291 g/mol. The second-order valence-corrected chi connectivity index (χ2v) is 7.13. The van der Waals surface area contributed by atoms with Crippen molar-refractivity contribution in [1.29, 1.82) is 0 Å².